The minimum absolute atomic E-state index is 0.145. The monoisotopic (exact) mass is 437 g/mol. The van der Waals surface area contributed by atoms with Crippen LogP contribution in [-0.4, -0.2) is 39.9 Å². The molecule has 7 heteroatoms. The summed E-state index contributed by atoms with van der Waals surface area (Å²) in [6, 6.07) is 17.9. The third kappa shape index (κ3) is 3.43. The van der Waals surface area contributed by atoms with Crippen molar-refractivity contribution in [3.8, 4) is 22.3 Å². The quantitative estimate of drug-likeness (QED) is 0.369. The summed E-state index contributed by atoms with van der Waals surface area (Å²) in [6.45, 7) is 4.32. The van der Waals surface area contributed by atoms with E-state index in [1.54, 1.807) is 18.0 Å². The zero-order valence-corrected chi connectivity index (χ0v) is 18.2. The van der Waals surface area contributed by atoms with Crippen LogP contribution >= 0.6 is 0 Å². The van der Waals surface area contributed by atoms with Crippen LogP contribution in [0.3, 0.4) is 0 Å². The maximum Gasteiger partial charge on any atom is 0.256 e. The summed E-state index contributed by atoms with van der Waals surface area (Å²) in [5.41, 5.74) is 13.3. The van der Waals surface area contributed by atoms with Gasteiger partial charge < -0.3 is 16.0 Å². The van der Waals surface area contributed by atoms with Gasteiger partial charge in [-0.1, -0.05) is 43.0 Å². The number of likely N-dealkylation sites (N-methyl/N-ethyl adjacent to an activating group) is 1. The maximum absolute atomic E-state index is 13.1. The lowest BCUT2D eigenvalue weighted by Gasteiger charge is -2.16. The molecule has 164 valence electrons. The molecule has 0 fully saturated rings. The number of nitrogens with one attached hydrogen (secondary N) is 1. The van der Waals surface area contributed by atoms with Gasteiger partial charge in [0, 0.05) is 36.6 Å². The molecule has 0 bridgehead atoms. The fraction of sp³-hybridized carbons (Fsp3) is 0.115. The molecular formula is C26H23N5O2. The number of hydrogen-bond donors (Lipinski definition) is 2. The Morgan fingerprint density at radius 2 is 1.91 bits per heavy atom. The van der Waals surface area contributed by atoms with Crippen LogP contribution in [0.5, 0.6) is 0 Å². The molecule has 1 aliphatic rings. The van der Waals surface area contributed by atoms with E-state index in [4.69, 9.17) is 5.73 Å². The molecular weight excluding hydrogens is 414 g/mol. The van der Waals surface area contributed by atoms with E-state index >= 15 is 0 Å². The molecule has 33 heavy (non-hydrogen) atoms. The number of amides is 2. The van der Waals surface area contributed by atoms with Gasteiger partial charge in [-0.15, -0.1) is 0 Å². The lowest BCUT2D eigenvalue weighted by Crippen LogP contribution is -2.31. The topological polar surface area (TPSA) is 92.7 Å². The van der Waals surface area contributed by atoms with Crippen LogP contribution < -0.4 is 11.1 Å². The predicted octanol–water partition coefficient (Wildman–Crippen LogP) is 3.51. The smallest absolute Gasteiger partial charge is 0.256 e. The fourth-order valence-electron chi connectivity index (χ4n) is 4.37. The van der Waals surface area contributed by atoms with Gasteiger partial charge in [0.2, 0.25) is 5.91 Å². The van der Waals surface area contributed by atoms with Gasteiger partial charge in [0.05, 0.1) is 23.8 Å². The first kappa shape index (κ1) is 20.5. The van der Waals surface area contributed by atoms with Crippen molar-refractivity contribution in [1.82, 2.24) is 19.8 Å². The zero-order chi connectivity index (χ0) is 23.1. The third-order valence-electron chi connectivity index (χ3n) is 6.04. The Morgan fingerprint density at radius 1 is 1.12 bits per heavy atom. The molecule has 5 rings (SSSR count). The summed E-state index contributed by atoms with van der Waals surface area (Å²) in [6.07, 6.45) is 3.78. The fourth-order valence-corrected chi connectivity index (χ4v) is 4.37. The standard InChI is InChI=1S/C26H23N5O2/c1-16(25(32)28-2)14-30-15-21-19(8-9-22(27)24(21)26(30)33)18-10-11-31-23(12-18)20(13-29-31)17-6-4-3-5-7-17/h3-13H,1,14-15,27H2,2H3,(H,28,32). The first-order chi connectivity index (χ1) is 16.0. The Kier molecular flexibility index (Phi) is 4.94. The van der Waals surface area contributed by atoms with Gasteiger partial charge in [0.25, 0.3) is 5.91 Å². The number of fused-ring (bicyclic) bond motifs is 2. The molecule has 2 aromatic heterocycles. The molecule has 0 spiro atoms. The van der Waals surface area contributed by atoms with Gasteiger partial charge in [-0.25, -0.2) is 4.52 Å². The molecule has 4 aromatic rings. The number of hydrogen-bond acceptors (Lipinski definition) is 4. The Hall–Kier alpha value is -4.39. The Morgan fingerprint density at radius 3 is 2.67 bits per heavy atom. The largest absolute Gasteiger partial charge is 0.398 e. The van der Waals surface area contributed by atoms with Gasteiger partial charge in [-0.3, -0.25) is 9.59 Å². The van der Waals surface area contributed by atoms with Gasteiger partial charge in [0.1, 0.15) is 0 Å². The Bertz CT molecular complexity index is 1420. The highest BCUT2D eigenvalue weighted by Gasteiger charge is 2.32. The molecule has 0 atom stereocenters. The van der Waals surface area contributed by atoms with Crippen molar-refractivity contribution < 1.29 is 9.59 Å². The molecule has 3 N–H and O–H groups in total. The number of nitrogens with two attached hydrogens (primary N) is 1. The summed E-state index contributed by atoms with van der Waals surface area (Å²) in [4.78, 5) is 26.6. The number of pyridine rings is 1. The Balaban J connectivity index is 1.57. The second-order valence-corrected chi connectivity index (χ2v) is 8.07. The SMILES string of the molecule is C=C(CN1Cc2c(-c3ccn4ncc(-c5ccccc5)c4c3)ccc(N)c2C1=O)C(=O)NC. The van der Waals surface area contributed by atoms with Crippen LogP contribution in [0.25, 0.3) is 27.8 Å². The molecule has 3 heterocycles. The second-order valence-electron chi connectivity index (χ2n) is 8.07. The molecule has 0 saturated heterocycles. The average Bonchev–Trinajstić information content (AvgIpc) is 3.40. The van der Waals surface area contributed by atoms with Crippen molar-refractivity contribution in [2.24, 2.45) is 0 Å². The molecule has 0 aliphatic carbocycles. The van der Waals surface area contributed by atoms with Crippen molar-refractivity contribution in [3.63, 3.8) is 0 Å². The van der Waals surface area contributed by atoms with Crippen molar-refractivity contribution in [1.29, 1.82) is 0 Å². The number of aromatic nitrogens is 2. The van der Waals surface area contributed by atoms with Gasteiger partial charge in [-0.05, 0) is 40.5 Å². The average molecular weight is 438 g/mol. The normalized spacial score (nSPS) is 12.8. The van der Waals surface area contributed by atoms with Crippen LogP contribution in [0.15, 0.2) is 79.1 Å². The van der Waals surface area contributed by atoms with Crippen molar-refractivity contribution >= 4 is 23.0 Å². The molecule has 0 unspecified atom stereocenters. The molecule has 0 saturated carbocycles. The number of nitrogen functional groups attached to an aromatic ring is 1. The zero-order valence-electron chi connectivity index (χ0n) is 18.2. The highest BCUT2D eigenvalue weighted by atomic mass is 16.2. The van der Waals surface area contributed by atoms with Crippen molar-refractivity contribution in [2.45, 2.75) is 6.54 Å². The summed E-state index contributed by atoms with van der Waals surface area (Å²) < 4.78 is 1.84. The van der Waals surface area contributed by atoms with Gasteiger partial charge in [-0.2, -0.15) is 5.10 Å². The first-order valence-corrected chi connectivity index (χ1v) is 10.6. The van der Waals surface area contributed by atoms with E-state index in [-0.39, 0.29) is 18.4 Å². The van der Waals surface area contributed by atoms with Crippen LogP contribution in [0.4, 0.5) is 5.69 Å². The first-order valence-electron chi connectivity index (χ1n) is 10.6. The number of carbonyl (C=O) groups excluding carboxylic acids is 2. The minimum Gasteiger partial charge on any atom is -0.398 e. The summed E-state index contributed by atoms with van der Waals surface area (Å²) >= 11 is 0. The van der Waals surface area contributed by atoms with Crippen molar-refractivity contribution in [2.75, 3.05) is 19.3 Å². The number of carbonyl (C=O) groups is 2. The number of benzene rings is 2. The summed E-state index contributed by atoms with van der Waals surface area (Å²) in [5.74, 6) is -0.476. The van der Waals surface area contributed by atoms with Gasteiger partial charge >= 0.3 is 0 Å². The van der Waals surface area contributed by atoms with E-state index in [1.807, 2.05) is 47.2 Å². The number of anilines is 1. The highest BCUT2D eigenvalue weighted by Crippen LogP contribution is 2.37. The van der Waals surface area contributed by atoms with Crippen LogP contribution in [-0.2, 0) is 11.3 Å². The molecule has 0 radical (unpaired) electrons. The van der Waals surface area contributed by atoms with Gasteiger partial charge in [0.15, 0.2) is 0 Å². The van der Waals surface area contributed by atoms with E-state index in [0.29, 0.717) is 23.4 Å². The number of nitrogens with zero attached hydrogens (tertiary/aromatic N) is 3. The minimum atomic E-state index is -0.286. The number of rotatable bonds is 5. The molecule has 1 aliphatic heterocycles. The third-order valence-corrected chi connectivity index (χ3v) is 6.04. The molecule has 7 nitrogen and oxygen atoms in total. The van der Waals surface area contributed by atoms with Crippen LogP contribution in [0, 0.1) is 0 Å². The van der Waals surface area contributed by atoms with Crippen LogP contribution in [0.2, 0.25) is 0 Å². The van der Waals surface area contributed by atoms with E-state index in [2.05, 4.69) is 35.2 Å². The van der Waals surface area contributed by atoms with E-state index in [9.17, 15) is 9.59 Å². The Labute approximate surface area is 191 Å². The van der Waals surface area contributed by atoms with E-state index in [0.717, 1.165) is 33.3 Å². The molecule has 2 amide bonds. The van der Waals surface area contributed by atoms with Crippen LogP contribution in [0.1, 0.15) is 15.9 Å². The summed E-state index contributed by atoms with van der Waals surface area (Å²) in [7, 11) is 1.54. The molecule has 2 aromatic carbocycles. The van der Waals surface area contributed by atoms with Crippen molar-refractivity contribution in [3.05, 3.63) is 90.3 Å². The highest BCUT2D eigenvalue weighted by molar-refractivity contribution is 6.06. The lowest BCUT2D eigenvalue weighted by molar-refractivity contribution is -0.117. The lowest BCUT2D eigenvalue weighted by atomic mass is 9.95. The predicted molar refractivity (Wildman–Crippen MR) is 128 cm³/mol. The second kappa shape index (κ2) is 7.94. The van der Waals surface area contributed by atoms with E-state index in [1.165, 1.54) is 0 Å². The maximum atomic E-state index is 13.1. The van der Waals surface area contributed by atoms with E-state index < -0.39 is 0 Å². The summed E-state index contributed by atoms with van der Waals surface area (Å²) in [5, 5.41) is 7.03.